The highest BCUT2D eigenvalue weighted by molar-refractivity contribution is 5.74. The molecular formula is C12H19N3O7. The number of aliphatic hydroxyl groups is 4. The molecule has 1 aliphatic heterocycles. The van der Waals surface area contributed by atoms with Gasteiger partial charge in [0, 0.05) is 12.6 Å². The number of ether oxygens (including phenoxy) is 1. The van der Waals surface area contributed by atoms with Crippen molar-refractivity contribution in [2.75, 3.05) is 13.2 Å². The Morgan fingerprint density at radius 2 is 2.23 bits per heavy atom. The third-order valence-corrected chi connectivity index (χ3v) is 3.64. The molecule has 1 fully saturated rings. The van der Waals surface area contributed by atoms with Gasteiger partial charge in [-0.15, -0.1) is 0 Å². The van der Waals surface area contributed by atoms with Gasteiger partial charge in [-0.2, -0.15) is 0 Å². The number of hydrogen-bond acceptors (Lipinski definition) is 8. The van der Waals surface area contributed by atoms with E-state index in [-0.39, 0.29) is 6.42 Å². The minimum atomic E-state index is -1.88. The van der Waals surface area contributed by atoms with Crippen molar-refractivity contribution in [3.05, 3.63) is 18.2 Å². The minimum absolute atomic E-state index is 0.0312. The first-order valence-electron chi connectivity index (χ1n) is 6.67. The maximum atomic E-state index is 11.4. The molecule has 5 atom stereocenters. The van der Waals surface area contributed by atoms with Crippen LogP contribution in [0.4, 0.5) is 0 Å². The summed E-state index contributed by atoms with van der Waals surface area (Å²) in [5.41, 5.74) is -1.42. The van der Waals surface area contributed by atoms with Crippen molar-refractivity contribution in [1.29, 1.82) is 0 Å². The van der Waals surface area contributed by atoms with E-state index >= 15 is 0 Å². The number of H-pyrrole nitrogens is 1. The fourth-order valence-corrected chi connectivity index (χ4v) is 2.44. The predicted octanol–water partition coefficient (Wildman–Crippen LogP) is -3.20. The van der Waals surface area contributed by atoms with Crippen molar-refractivity contribution in [3.63, 3.8) is 0 Å². The normalized spacial score (nSPS) is 33.0. The van der Waals surface area contributed by atoms with Crippen LogP contribution in [0, 0.1) is 0 Å². The van der Waals surface area contributed by atoms with Crippen molar-refractivity contribution < 1.29 is 35.1 Å². The Balaban J connectivity index is 2.17. The molecule has 1 aromatic heterocycles. The van der Waals surface area contributed by atoms with E-state index in [0.29, 0.717) is 5.69 Å². The first-order valence-corrected chi connectivity index (χ1v) is 6.67. The number of aliphatic carboxylic acids is 1. The van der Waals surface area contributed by atoms with Gasteiger partial charge in [0.05, 0.1) is 25.2 Å². The van der Waals surface area contributed by atoms with E-state index in [1.165, 1.54) is 12.5 Å². The molecule has 10 nitrogen and oxygen atoms in total. The summed E-state index contributed by atoms with van der Waals surface area (Å²) in [6.07, 6.45) is -1.31. The second-order valence-corrected chi connectivity index (χ2v) is 5.12. The van der Waals surface area contributed by atoms with E-state index in [0.717, 1.165) is 0 Å². The van der Waals surface area contributed by atoms with E-state index in [4.69, 9.17) is 9.84 Å². The monoisotopic (exact) mass is 317 g/mol. The number of rotatable bonds is 7. The third kappa shape index (κ3) is 3.11. The average Bonchev–Trinajstić information content (AvgIpc) is 3.09. The molecule has 2 heterocycles. The van der Waals surface area contributed by atoms with E-state index in [1.54, 1.807) is 0 Å². The molecule has 0 amide bonds. The zero-order chi connectivity index (χ0) is 16.3. The number of nitrogens with one attached hydrogen (secondary N) is 2. The molecule has 1 aliphatic rings. The van der Waals surface area contributed by atoms with E-state index in [9.17, 15) is 25.2 Å². The van der Waals surface area contributed by atoms with Crippen molar-refractivity contribution in [2.24, 2.45) is 0 Å². The highest BCUT2D eigenvalue weighted by Gasteiger charge is 2.55. The van der Waals surface area contributed by atoms with Crippen LogP contribution in [0.1, 0.15) is 5.69 Å². The Morgan fingerprint density at radius 1 is 1.50 bits per heavy atom. The molecule has 0 spiro atoms. The fourth-order valence-electron chi connectivity index (χ4n) is 2.44. The standard InChI is InChI=1S/C12H19N3O7/c16-3-8-9(18)10(19)12(4-17,22-8)15-7(11(20)21)1-6-2-13-5-14-6/h2,5,7-10,15-19H,1,3-4H2,(H,13,14)(H,20,21)/t7-,8+,9+,10-,12?/m0/s1. The van der Waals surface area contributed by atoms with Crippen LogP contribution in [0.15, 0.2) is 12.5 Å². The Labute approximate surface area is 125 Å². The SMILES string of the molecule is O=C(O)[C@H](Cc1c[nH]cn1)NC1(CO)O[C@H](CO)[C@@H](O)[C@@H]1O. The van der Waals surface area contributed by atoms with Gasteiger partial charge in [0.1, 0.15) is 24.4 Å². The van der Waals surface area contributed by atoms with E-state index in [2.05, 4.69) is 15.3 Å². The molecule has 0 bridgehead atoms. The molecule has 1 saturated heterocycles. The van der Waals surface area contributed by atoms with Gasteiger partial charge in [-0.05, 0) is 0 Å². The van der Waals surface area contributed by atoms with Crippen LogP contribution in [-0.4, -0.2) is 84.8 Å². The van der Waals surface area contributed by atoms with Crippen LogP contribution in [0.3, 0.4) is 0 Å². The maximum Gasteiger partial charge on any atom is 0.321 e. The lowest BCUT2D eigenvalue weighted by Crippen LogP contribution is -2.62. The summed E-state index contributed by atoms with van der Waals surface area (Å²) >= 11 is 0. The summed E-state index contributed by atoms with van der Waals surface area (Å²) in [6.45, 7) is -1.37. The fraction of sp³-hybridized carbons (Fsp3) is 0.667. The van der Waals surface area contributed by atoms with Crippen LogP contribution >= 0.6 is 0 Å². The second kappa shape index (κ2) is 6.69. The smallest absolute Gasteiger partial charge is 0.321 e. The molecule has 0 radical (unpaired) electrons. The Morgan fingerprint density at radius 3 is 2.68 bits per heavy atom. The summed E-state index contributed by atoms with van der Waals surface area (Å²) in [7, 11) is 0. The molecule has 0 aliphatic carbocycles. The second-order valence-electron chi connectivity index (χ2n) is 5.12. The molecule has 7 N–H and O–H groups in total. The van der Waals surface area contributed by atoms with Crippen molar-refractivity contribution in [2.45, 2.75) is 36.5 Å². The third-order valence-electron chi connectivity index (χ3n) is 3.64. The minimum Gasteiger partial charge on any atom is -0.480 e. The zero-order valence-electron chi connectivity index (χ0n) is 11.6. The summed E-state index contributed by atoms with van der Waals surface area (Å²) in [4.78, 5) is 18.0. The highest BCUT2D eigenvalue weighted by Crippen LogP contribution is 2.29. The topological polar surface area (TPSA) is 168 Å². The number of aromatic nitrogens is 2. The van der Waals surface area contributed by atoms with Crippen LogP contribution < -0.4 is 5.32 Å². The van der Waals surface area contributed by atoms with Gasteiger partial charge in [-0.3, -0.25) is 10.1 Å². The van der Waals surface area contributed by atoms with Gasteiger partial charge < -0.3 is 35.3 Å². The number of imidazole rings is 1. The summed E-state index contributed by atoms with van der Waals surface area (Å²) < 4.78 is 5.27. The van der Waals surface area contributed by atoms with Crippen molar-refractivity contribution >= 4 is 5.97 Å². The lowest BCUT2D eigenvalue weighted by Gasteiger charge is -2.33. The average molecular weight is 317 g/mol. The van der Waals surface area contributed by atoms with E-state index in [1.807, 2.05) is 0 Å². The summed E-state index contributed by atoms with van der Waals surface area (Å²) in [5.74, 6) is -1.24. The Hall–Kier alpha value is -1.56. The lowest BCUT2D eigenvalue weighted by atomic mass is 10.0. The quantitative estimate of drug-likeness (QED) is 0.274. The van der Waals surface area contributed by atoms with Crippen LogP contribution in [0.25, 0.3) is 0 Å². The molecule has 0 aromatic carbocycles. The van der Waals surface area contributed by atoms with Gasteiger partial charge in [0.15, 0.2) is 5.72 Å². The van der Waals surface area contributed by atoms with E-state index < -0.39 is 49.3 Å². The first kappa shape index (κ1) is 16.8. The van der Waals surface area contributed by atoms with Crippen LogP contribution in [-0.2, 0) is 16.0 Å². The molecule has 1 unspecified atom stereocenters. The molecule has 10 heteroatoms. The summed E-state index contributed by atoms with van der Waals surface area (Å²) in [5, 5.41) is 50.2. The molecule has 1 aromatic rings. The molecule has 22 heavy (non-hydrogen) atoms. The van der Waals surface area contributed by atoms with Crippen molar-refractivity contribution in [1.82, 2.24) is 15.3 Å². The molecule has 2 rings (SSSR count). The largest absolute Gasteiger partial charge is 0.480 e. The Kier molecular flexibility index (Phi) is 5.11. The van der Waals surface area contributed by atoms with Gasteiger partial charge >= 0.3 is 5.97 Å². The molecule has 0 saturated carbocycles. The number of carboxylic acids is 1. The number of carbonyl (C=O) groups is 1. The van der Waals surface area contributed by atoms with Crippen LogP contribution in [0.5, 0.6) is 0 Å². The zero-order valence-corrected chi connectivity index (χ0v) is 11.6. The molecule has 124 valence electrons. The number of aliphatic hydroxyl groups excluding tert-OH is 4. The van der Waals surface area contributed by atoms with Gasteiger partial charge in [0.25, 0.3) is 0 Å². The van der Waals surface area contributed by atoms with Gasteiger partial charge in [-0.1, -0.05) is 0 Å². The van der Waals surface area contributed by atoms with Gasteiger partial charge in [0.2, 0.25) is 0 Å². The highest BCUT2D eigenvalue weighted by atomic mass is 16.6. The Bertz CT molecular complexity index is 497. The van der Waals surface area contributed by atoms with Crippen molar-refractivity contribution in [3.8, 4) is 0 Å². The summed E-state index contributed by atoms with van der Waals surface area (Å²) in [6, 6.07) is -1.23. The molecular weight excluding hydrogens is 298 g/mol. The maximum absolute atomic E-state index is 11.4. The number of carboxylic acid groups (broad SMARTS) is 1. The van der Waals surface area contributed by atoms with Crippen LogP contribution in [0.2, 0.25) is 0 Å². The lowest BCUT2D eigenvalue weighted by molar-refractivity contribution is -0.158. The predicted molar refractivity (Wildman–Crippen MR) is 70.6 cm³/mol. The number of aromatic amines is 1. The number of nitrogens with zero attached hydrogens (tertiary/aromatic N) is 1. The number of hydrogen-bond donors (Lipinski definition) is 7. The first-order chi connectivity index (χ1) is 10.4. The van der Waals surface area contributed by atoms with Gasteiger partial charge in [-0.25, -0.2) is 4.98 Å².